The van der Waals surface area contributed by atoms with Crippen LogP contribution in [-0.4, -0.2) is 111 Å². The lowest BCUT2D eigenvalue weighted by Gasteiger charge is -2.39. The number of aryl methyl sites for hydroxylation is 2. The Kier molecular flexibility index (Phi) is 17.7. The Labute approximate surface area is 467 Å². The zero-order chi connectivity index (χ0) is 57.1. The summed E-state index contributed by atoms with van der Waals surface area (Å²) < 4.78 is 12.0. The molecule has 79 heavy (non-hydrogen) atoms. The quantitative estimate of drug-likeness (QED) is 0.0605. The molecule has 3 aromatic carbocycles. The monoisotopic (exact) mass is 1100 g/mol. The number of amides is 7. The van der Waals surface area contributed by atoms with Gasteiger partial charge in [0.15, 0.2) is 0 Å². The number of β-amino-alcohol motifs (C(OH)–C–C–N with tert-alkyl or cyclic N) is 1. The topological polar surface area (TPSA) is 252 Å². The number of ether oxygens (including phenoxy) is 2. The highest BCUT2D eigenvalue weighted by Gasteiger charge is 2.48. The molecule has 1 saturated carbocycles. The van der Waals surface area contributed by atoms with Crippen LogP contribution in [0.25, 0.3) is 10.4 Å². The number of aliphatic hydroxyl groups excluding tert-OH is 1. The first-order valence-corrected chi connectivity index (χ1v) is 28.4. The summed E-state index contributed by atoms with van der Waals surface area (Å²) in [5, 5.41) is 22.6. The SMILES string of the molecule is Cc1ncsc1-c1ccc(CNC(=O)[C@@H]2C[C@@H](O)CN2C(=O)[C@@H](NC(=O)C2CC(Cc3ccc(COC(C)(C)[C@H](CCC(N)=O)NC(=O)[C@@H]4Cc5cccc6c5N4C(=O)[C@@H](NC(=O)OC(C)(C)C)CC6)cc3)C2)C(C)(C)C)cc1. The van der Waals surface area contributed by atoms with Gasteiger partial charge in [-0.2, -0.15) is 0 Å². The fourth-order valence-corrected chi connectivity index (χ4v) is 12.0. The van der Waals surface area contributed by atoms with Crippen molar-refractivity contribution in [2.45, 2.75) is 181 Å². The van der Waals surface area contributed by atoms with Crippen LogP contribution in [-0.2, 0) is 70.7 Å². The van der Waals surface area contributed by atoms with Gasteiger partial charge in [-0.1, -0.05) is 87.5 Å². The second-order valence-corrected chi connectivity index (χ2v) is 25.3. The van der Waals surface area contributed by atoms with E-state index in [2.05, 4.69) is 26.3 Å². The van der Waals surface area contributed by atoms with E-state index in [9.17, 15) is 38.7 Å². The maximum absolute atomic E-state index is 14.4. The minimum Gasteiger partial charge on any atom is -0.444 e. The van der Waals surface area contributed by atoms with E-state index in [-0.39, 0.29) is 69.0 Å². The van der Waals surface area contributed by atoms with E-state index in [0.29, 0.717) is 31.4 Å². The number of aromatic nitrogens is 1. The molecule has 0 spiro atoms. The minimum atomic E-state index is -0.995. The molecule has 424 valence electrons. The van der Waals surface area contributed by atoms with Crippen molar-refractivity contribution in [2.75, 3.05) is 11.4 Å². The Balaban J connectivity index is 0.825. The lowest BCUT2D eigenvalue weighted by atomic mass is 9.71. The lowest BCUT2D eigenvalue weighted by molar-refractivity contribution is -0.145. The number of nitrogens with zero attached hydrogens (tertiary/aromatic N) is 3. The highest BCUT2D eigenvalue weighted by molar-refractivity contribution is 7.13. The molecule has 0 unspecified atom stereocenters. The summed E-state index contributed by atoms with van der Waals surface area (Å²) in [4.78, 5) is 104. The van der Waals surface area contributed by atoms with Gasteiger partial charge in [0, 0.05) is 38.3 Å². The average Bonchev–Trinajstić information content (AvgIpc) is 4.20. The molecule has 1 aliphatic carbocycles. The number of carbonyl (C=O) groups excluding carboxylic acids is 7. The number of thiazole rings is 1. The van der Waals surface area contributed by atoms with Crippen molar-refractivity contribution in [3.8, 4) is 10.4 Å². The van der Waals surface area contributed by atoms with E-state index in [1.807, 2.05) is 114 Å². The van der Waals surface area contributed by atoms with Crippen LogP contribution in [0, 0.1) is 24.2 Å². The zero-order valence-electron chi connectivity index (χ0n) is 47.0. The number of carbonyl (C=O) groups is 7. The highest BCUT2D eigenvalue weighted by atomic mass is 32.1. The van der Waals surface area contributed by atoms with Crippen LogP contribution < -0.4 is 31.9 Å². The fraction of sp³-hybridized carbons (Fsp3) is 0.533. The van der Waals surface area contributed by atoms with Gasteiger partial charge in [0.1, 0.15) is 29.8 Å². The van der Waals surface area contributed by atoms with Gasteiger partial charge < -0.3 is 46.5 Å². The second kappa shape index (κ2) is 23.9. The maximum Gasteiger partial charge on any atom is 0.408 e. The number of rotatable bonds is 19. The number of nitrogens with two attached hydrogens (primary N) is 1. The number of anilines is 1. The van der Waals surface area contributed by atoms with Gasteiger partial charge in [-0.05, 0) is 125 Å². The molecule has 1 aromatic heterocycles. The number of para-hydroxylation sites is 1. The minimum absolute atomic E-state index is 0.00724. The molecule has 18 nitrogen and oxygen atoms in total. The van der Waals surface area contributed by atoms with E-state index in [1.165, 1.54) is 9.80 Å². The van der Waals surface area contributed by atoms with Gasteiger partial charge in [-0.3, -0.25) is 33.7 Å². The third-order valence-electron chi connectivity index (χ3n) is 15.7. The molecule has 4 aromatic rings. The first kappa shape index (κ1) is 58.4. The summed E-state index contributed by atoms with van der Waals surface area (Å²) in [7, 11) is 0. The Morgan fingerprint density at radius 3 is 2.15 bits per heavy atom. The lowest BCUT2D eigenvalue weighted by Crippen LogP contribution is -2.59. The number of alkyl carbamates (subject to hydrolysis) is 1. The van der Waals surface area contributed by atoms with Crippen LogP contribution in [0.15, 0.2) is 72.2 Å². The number of nitrogens with one attached hydrogen (secondary N) is 4. The summed E-state index contributed by atoms with van der Waals surface area (Å²) in [6, 6.07) is 17.4. The number of hydrogen-bond donors (Lipinski definition) is 6. The van der Waals surface area contributed by atoms with E-state index in [0.717, 1.165) is 50.4 Å². The van der Waals surface area contributed by atoms with Gasteiger partial charge >= 0.3 is 6.09 Å². The standard InChI is InChI=1S/C60H78N8O10S/c1-34-50(79-33-63-34)40-19-17-36(18-20-40)30-62-53(72)45-29-43(69)31-67(45)56(75)51(58(2,3)4)66-52(71)42-26-38(27-42)25-35-13-15-37(16-14-35)32-77-60(8,9)47(23-24-48(61)70)65-54(73)46-28-41-12-10-11-39-21-22-44(55(74)68(46)49(39)41)64-57(76)78-59(5,6)7/h10-20,33,38,42-47,51,69H,21-32H2,1-9H3,(H2,61,70)(H,62,72)(H,64,76)(H,65,73)(H,66,71)/t38?,42?,43-,44+,45+,46+,47+,51-/m1/s1. The van der Waals surface area contributed by atoms with E-state index in [1.54, 1.807) is 32.1 Å². The molecule has 6 atom stereocenters. The third-order valence-corrected chi connectivity index (χ3v) is 16.7. The van der Waals surface area contributed by atoms with E-state index < -0.39 is 82.7 Å². The van der Waals surface area contributed by atoms with Crippen molar-refractivity contribution < 1.29 is 48.1 Å². The summed E-state index contributed by atoms with van der Waals surface area (Å²) >= 11 is 1.57. The third kappa shape index (κ3) is 14.2. The van der Waals surface area contributed by atoms with Crippen molar-refractivity contribution in [1.29, 1.82) is 0 Å². The number of aliphatic hydroxyl groups is 1. The number of likely N-dealkylation sites (tertiary alicyclic amines) is 1. The zero-order valence-corrected chi connectivity index (χ0v) is 47.8. The van der Waals surface area contributed by atoms with Gasteiger partial charge in [0.05, 0.1) is 46.1 Å². The highest BCUT2D eigenvalue weighted by Crippen LogP contribution is 2.40. The molecule has 1 saturated heterocycles. The van der Waals surface area contributed by atoms with Crippen LogP contribution in [0.5, 0.6) is 0 Å². The predicted octanol–water partition coefficient (Wildman–Crippen LogP) is 6.34. The first-order chi connectivity index (χ1) is 37.2. The molecular formula is C60H78N8O10S. The van der Waals surface area contributed by atoms with Gasteiger partial charge in [-0.25, -0.2) is 9.78 Å². The Morgan fingerprint density at radius 2 is 1.51 bits per heavy atom. The second-order valence-electron chi connectivity index (χ2n) is 24.5. The van der Waals surface area contributed by atoms with Gasteiger partial charge in [0.2, 0.25) is 35.4 Å². The number of hydrogen-bond acceptors (Lipinski definition) is 12. The van der Waals surface area contributed by atoms with Crippen molar-refractivity contribution in [2.24, 2.45) is 23.0 Å². The van der Waals surface area contributed by atoms with E-state index in [4.69, 9.17) is 15.2 Å². The van der Waals surface area contributed by atoms with Gasteiger partial charge in [0.25, 0.3) is 0 Å². The summed E-state index contributed by atoms with van der Waals surface area (Å²) in [6.45, 7) is 17.0. The Bertz CT molecular complexity index is 2900. The molecule has 7 amide bonds. The Hall–Kier alpha value is -6.70. The summed E-state index contributed by atoms with van der Waals surface area (Å²) in [5.41, 5.74) is 12.3. The number of primary amides is 1. The first-order valence-electron chi connectivity index (χ1n) is 27.5. The number of benzene rings is 3. The normalized spacial score (nSPS) is 21.7. The molecule has 8 rings (SSSR count). The Morgan fingerprint density at radius 1 is 0.835 bits per heavy atom. The van der Waals surface area contributed by atoms with Crippen molar-refractivity contribution in [3.05, 3.63) is 106 Å². The van der Waals surface area contributed by atoms with Crippen LogP contribution in [0.4, 0.5) is 10.5 Å². The van der Waals surface area contributed by atoms with Crippen LogP contribution in [0.3, 0.4) is 0 Å². The smallest absolute Gasteiger partial charge is 0.408 e. The average molecular weight is 1100 g/mol. The molecule has 4 aliphatic rings. The largest absolute Gasteiger partial charge is 0.444 e. The molecule has 3 aliphatic heterocycles. The molecule has 2 fully saturated rings. The van der Waals surface area contributed by atoms with Crippen molar-refractivity contribution in [1.82, 2.24) is 31.2 Å². The van der Waals surface area contributed by atoms with Crippen LogP contribution in [0.2, 0.25) is 0 Å². The molecular weight excluding hydrogens is 1020 g/mol. The van der Waals surface area contributed by atoms with Crippen molar-refractivity contribution >= 4 is 58.6 Å². The molecule has 19 heteroatoms. The predicted molar refractivity (Wildman–Crippen MR) is 300 cm³/mol. The fourth-order valence-electron chi connectivity index (χ4n) is 11.2. The summed E-state index contributed by atoms with van der Waals surface area (Å²) in [5.74, 6) is -2.35. The maximum atomic E-state index is 14.4. The van der Waals surface area contributed by atoms with Gasteiger partial charge in [-0.15, -0.1) is 11.3 Å². The molecule has 0 bridgehead atoms. The van der Waals surface area contributed by atoms with Crippen molar-refractivity contribution in [3.63, 3.8) is 0 Å². The van der Waals surface area contributed by atoms with Crippen LogP contribution in [0.1, 0.15) is 127 Å². The van der Waals surface area contributed by atoms with E-state index >= 15 is 0 Å². The molecule has 7 N–H and O–H groups in total. The molecule has 0 radical (unpaired) electrons. The van der Waals surface area contributed by atoms with Crippen LogP contribution >= 0.6 is 11.3 Å². The summed E-state index contributed by atoms with van der Waals surface area (Å²) in [6.07, 6.45) is 1.85. The molecule has 4 heterocycles.